The molecule has 0 atom stereocenters. The maximum atomic E-state index is 12.3. The lowest BCUT2D eigenvalue weighted by atomic mass is 10.1. The summed E-state index contributed by atoms with van der Waals surface area (Å²) in [4.78, 5) is 3.76. The fourth-order valence-electron chi connectivity index (χ4n) is 2.84. The third kappa shape index (κ3) is 2.92. The molecule has 0 saturated heterocycles. The second-order valence-electron chi connectivity index (χ2n) is 5.51. The van der Waals surface area contributed by atoms with E-state index in [4.69, 9.17) is 0 Å². The minimum absolute atomic E-state index is 0.177. The molecule has 0 amide bonds. The Morgan fingerprint density at radius 2 is 1.64 bits per heavy atom. The van der Waals surface area contributed by atoms with E-state index < -0.39 is 9.84 Å². The number of hydrogen-bond acceptors (Lipinski definition) is 2. The van der Waals surface area contributed by atoms with E-state index in [1.54, 1.807) is 24.3 Å². The fourth-order valence-corrected chi connectivity index (χ4v) is 4.17. The molecule has 22 heavy (non-hydrogen) atoms. The first-order valence-corrected chi connectivity index (χ1v) is 9.07. The van der Waals surface area contributed by atoms with Crippen LogP contribution in [0.3, 0.4) is 0 Å². The predicted molar refractivity (Wildman–Crippen MR) is 89.9 cm³/mol. The Morgan fingerprint density at radius 1 is 0.955 bits per heavy atom. The largest absolute Gasteiger partial charge is 0.358 e. The SMILES string of the molecule is Cc1[nH]c2ccccc2c1CCCS(=O)(=O)c1ccccc1. The minimum Gasteiger partial charge on any atom is -0.358 e. The zero-order valence-corrected chi connectivity index (χ0v) is 13.4. The molecule has 3 rings (SSSR count). The summed E-state index contributed by atoms with van der Waals surface area (Å²) in [7, 11) is -3.19. The van der Waals surface area contributed by atoms with Crippen molar-refractivity contribution in [3.8, 4) is 0 Å². The van der Waals surface area contributed by atoms with E-state index in [0.717, 1.165) is 17.6 Å². The van der Waals surface area contributed by atoms with Crippen LogP contribution in [0.25, 0.3) is 10.9 Å². The monoisotopic (exact) mass is 313 g/mol. The van der Waals surface area contributed by atoms with Gasteiger partial charge < -0.3 is 4.98 Å². The van der Waals surface area contributed by atoms with Crippen molar-refractivity contribution < 1.29 is 8.42 Å². The van der Waals surface area contributed by atoms with Crippen LogP contribution in [0.5, 0.6) is 0 Å². The average Bonchev–Trinajstić information content (AvgIpc) is 2.84. The standard InChI is InChI=1S/C18H19NO2S/c1-14-16(17-10-5-6-12-18(17)19-14)11-7-13-22(20,21)15-8-3-2-4-9-15/h2-6,8-10,12,19H,7,11,13H2,1H3. The normalized spacial score (nSPS) is 11.9. The zero-order chi connectivity index (χ0) is 15.6. The van der Waals surface area contributed by atoms with Gasteiger partial charge in [-0.1, -0.05) is 36.4 Å². The van der Waals surface area contributed by atoms with Gasteiger partial charge in [0.05, 0.1) is 10.6 Å². The summed E-state index contributed by atoms with van der Waals surface area (Å²) in [6.07, 6.45) is 1.39. The number of aromatic nitrogens is 1. The molecule has 114 valence electrons. The van der Waals surface area contributed by atoms with Crippen LogP contribution in [0.15, 0.2) is 59.5 Å². The third-order valence-electron chi connectivity index (χ3n) is 3.97. The molecule has 0 aliphatic rings. The topological polar surface area (TPSA) is 49.9 Å². The number of aromatic amines is 1. The Hall–Kier alpha value is -2.07. The fraction of sp³-hybridized carbons (Fsp3) is 0.222. The lowest BCUT2D eigenvalue weighted by molar-refractivity contribution is 0.593. The number of hydrogen-bond donors (Lipinski definition) is 1. The Morgan fingerprint density at radius 3 is 2.41 bits per heavy atom. The average molecular weight is 313 g/mol. The van der Waals surface area contributed by atoms with E-state index in [9.17, 15) is 8.42 Å². The van der Waals surface area contributed by atoms with Crippen molar-refractivity contribution in [2.75, 3.05) is 5.75 Å². The molecule has 3 nitrogen and oxygen atoms in total. The van der Waals surface area contributed by atoms with Gasteiger partial charge in [0.2, 0.25) is 0 Å². The van der Waals surface area contributed by atoms with E-state index in [0.29, 0.717) is 11.3 Å². The minimum atomic E-state index is -3.19. The molecule has 0 bridgehead atoms. The number of rotatable bonds is 5. The van der Waals surface area contributed by atoms with Gasteiger partial charge in [0.25, 0.3) is 0 Å². The molecule has 0 fully saturated rings. The summed E-state index contributed by atoms with van der Waals surface area (Å²) in [5.74, 6) is 0.177. The van der Waals surface area contributed by atoms with Gasteiger partial charge in [0, 0.05) is 16.6 Å². The Balaban J connectivity index is 1.74. The zero-order valence-electron chi connectivity index (χ0n) is 12.5. The number of H-pyrrole nitrogens is 1. The molecule has 0 spiro atoms. The Labute approximate surface area is 130 Å². The summed E-state index contributed by atoms with van der Waals surface area (Å²) in [6, 6.07) is 16.8. The Bertz CT molecular complexity index is 880. The molecule has 2 aromatic carbocycles. The summed E-state index contributed by atoms with van der Waals surface area (Å²) < 4.78 is 24.6. The number of benzene rings is 2. The first-order chi connectivity index (χ1) is 10.6. The number of sulfone groups is 1. The van der Waals surface area contributed by atoms with Gasteiger partial charge in [0.15, 0.2) is 9.84 Å². The van der Waals surface area contributed by atoms with Crippen LogP contribution in [0.2, 0.25) is 0 Å². The van der Waals surface area contributed by atoms with Gasteiger partial charge in [0.1, 0.15) is 0 Å². The second-order valence-corrected chi connectivity index (χ2v) is 7.62. The molecule has 0 aliphatic heterocycles. The van der Waals surface area contributed by atoms with Gasteiger partial charge in [-0.25, -0.2) is 8.42 Å². The molecule has 0 aliphatic carbocycles. The van der Waals surface area contributed by atoms with Crippen LogP contribution >= 0.6 is 0 Å². The van der Waals surface area contributed by atoms with Crippen molar-refractivity contribution in [1.29, 1.82) is 0 Å². The first kappa shape index (κ1) is 14.9. The molecule has 0 saturated carbocycles. The van der Waals surface area contributed by atoms with Crippen molar-refractivity contribution >= 4 is 20.7 Å². The maximum Gasteiger partial charge on any atom is 0.178 e. The third-order valence-corrected chi connectivity index (χ3v) is 5.79. The first-order valence-electron chi connectivity index (χ1n) is 7.42. The van der Waals surface area contributed by atoms with Crippen molar-refractivity contribution in [2.45, 2.75) is 24.7 Å². The van der Waals surface area contributed by atoms with Crippen LogP contribution in [0, 0.1) is 6.92 Å². The van der Waals surface area contributed by atoms with E-state index >= 15 is 0 Å². The molecule has 0 radical (unpaired) electrons. The highest BCUT2D eigenvalue weighted by Gasteiger charge is 2.14. The number of nitrogens with one attached hydrogen (secondary N) is 1. The van der Waals surface area contributed by atoms with Gasteiger partial charge in [-0.15, -0.1) is 0 Å². The summed E-state index contributed by atoms with van der Waals surface area (Å²) >= 11 is 0. The number of para-hydroxylation sites is 1. The van der Waals surface area contributed by atoms with Crippen LogP contribution in [-0.4, -0.2) is 19.2 Å². The molecule has 1 heterocycles. The highest BCUT2D eigenvalue weighted by molar-refractivity contribution is 7.91. The summed E-state index contributed by atoms with van der Waals surface area (Å²) in [6.45, 7) is 2.04. The summed E-state index contributed by atoms with van der Waals surface area (Å²) in [5.41, 5.74) is 3.46. The quantitative estimate of drug-likeness (QED) is 0.777. The number of fused-ring (bicyclic) bond motifs is 1. The molecule has 3 aromatic rings. The van der Waals surface area contributed by atoms with Gasteiger partial charge in [-0.05, 0) is 43.5 Å². The highest BCUT2D eigenvalue weighted by Crippen LogP contribution is 2.23. The molecular formula is C18H19NO2S. The van der Waals surface area contributed by atoms with Crippen LogP contribution < -0.4 is 0 Å². The number of aryl methyl sites for hydroxylation is 2. The van der Waals surface area contributed by atoms with E-state index in [2.05, 4.69) is 11.1 Å². The van der Waals surface area contributed by atoms with Crippen molar-refractivity contribution in [3.63, 3.8) is 0 Å². The van der Waals surface area contributed by atoms with E-state index in [1.807, 2.05) is 31.2 Å². The van der Waals surface area contributed by atoms with Crippen molar-refractivity contribution in [3.05, 3.63) is 65.9 Å². The predicted octanol–water partition coefficient (Wildman–Crippen LogP) is 3.88. The maximum absolute atomic E-state index is 12.3. The smallest absolute Gasteiger partial charge is 0.178 e. The van der Waals surface area contributed by atoms with Gasteiger partial charge in [-0.3, -0.25) is 0 Å². The van der Waals surface area contributed by atoms with E-state index in [-0.39, 0.29) is 5.75 Å². The van der Waals surface area contributed by atoms with Crippen LogP contribution in [-0.2, 0) is 16.3 Å². The summed E-state index contributed by atoms with van der Waals surface area (Å²) in [5, 5.41) is 1.19. The molecule has 4 heteroatoms. The lowest BCUT2D eigenvalue weighted by Crippen LogP contribution is -2.07. The van der Waals surface area contributed by atoms with Gasteiger partial charge >= 0.3 is 0 Å². The molecule has 1 aromatic heterocycles. The van der Waals surface area contributed by atoms with Gasteiger partial charge in [-0.2, -0.15) is 0 Å². The van der Waals surface area contributed by atoms with Crippen molar-refractivity contribution in [2.24, 2.45) is 0 Å². The lowest BCUT2D eigenvalue weighted by Gasteiger charge is -2.05. The molecule has 0 unspecified atom stereocenters. The highest BCUT2D eigenvalue weighted by atomic mass is 32.2. The Kier molecular flexibility index (Phi) is 4.03. The molecular weight excluding hydrogens is 294 g/mol. The van der Waals surface area contributed by atoms with E-state index in [1.165, 1.54) is 10.9 Å². The second kappa shape index (κ2) is 5.97. The molecule has 1 N–H and O–H groups in total. The van der Waals surface area contributed by atoms with Crippen molar-refractivity contribution in [1.82, 2.24) is 4.98 Å². The van der Waals surface area contributed by atoms with Crippen LogP contribution in [0.4, 0.5) is 0 Å². The van der Waals surface area contributed by atoms with Crippen LogP contribution in [0.1, 0.15) is 17.7 Å².